The maximum atomic E-state index is 13.4. The Kier molecular flexibility index (Phi) is 5.44. The fourth-order valence-corrected chi connectivity index (χ4v) is 3.53. The van der Waals surface area contributed by atoms with Gasteiger partial charge < -0.3 is 9.88 Å². The number of amides is 1. The first kappa shape index (κ1) is 19.9. The van der Waals surface area contributed by atoms with Gasteiger partial charge in [0, 0.05) is 36.5 Å². The van der Waals surface area contributed by atoms with E-state index in [1.54, 1.807) is 30.3 Å². The van der Waals surface area contributed by atoms with Crippen molar-refractivity contribution in [2.24, 2.45) is 0 Å². The Morgan fingerprint density at radius 2 is 1.77 bits per heavy atom. The Morgan fingerprint density at radius 1 is 1.03 bits per heavy atom. The number of carbonyl (C=O) groups excluding carboxylic acids is 1. The van der Waals surface area contributed by atoms with Crippen LogP contribution in [-0.4, -0.2) is 21.6 Å². The number of rotatable bonds is 4. The molecule has 0 bridgehead atoms. The number of hydrogen-bond donors (Lipinski definition) is 1. The van der Waals surface area contributed by atoms with Gasteiger partial charge in [-0.05, 0) is 30.5 Å². The van der Waals surface area contributed by atoms with Gasteiger partial charge in [0.25, 0.3) is 0 Å². The lowest BCUT2D eigenvalue weighted by Gasteiger charge is -2.12. The lowest BCUT2D eigenvalue weighted by atomic mass is 10.1. The molecule has 0 spiro atoms. The molecule has 0 atom stereocenters. The maximum Gasteiger partial charge on any atom is 0.417 e. The van der Waals surface area contributed by atoms with Gasteiger partial charge in [-0.25, -0.2) is 4.98 Å². The number of allylic oxidation sites excluding steroid dienone is 1. The van der Waals surface area contributed by atoms with Crippen LogP contribution in [-0.2, 0) is 17.8 Å². The van der Waals surface area contributed by atoms with Gasteiger partial charge in [0.1, 0.15) is 5.82 Å². The molecular weight excluding hydrogens is 391 g/mol. The molecule has 1 aromatic heterocycles. The second-order valence-electron chi connectivity index (χ2n) is 7.18. The van der Waals surface area contributed by atoms with Crippen LogP contribution in [0.5, 0.6) is 0 Å². The number of fused-ring (bicyclic) bond motifs is 1. The van der Waals surface area contributed by atoms with Crippen molar-refractivity contribution in [1.29, 1.82) is 0 Å². The summed E-state index contributed by atoms with van der Waals surface area (Å²) in [6.45, 7) is 0.964. The summed E-state index contributed by atoms with van der Waals surface area (Å²) in [5.41, 5.74) is 1.12. The van der Waals surface area contributed by atoms with E-state index in [2.05, 4.69) is 14.9 Å². The van der Waals surface area contributed by atoms with Crippen LogP contribution in [0.2, 0.25) is 0 Å². The molecule has 2 heterocycles. The Morgan fingerprint density at radius 3 is 2.43 bits per heavy atom. The SMILES string of the molecule is O=C(/C=C(\c1ccccc1)C(F)(F)F)Nc1ccc(-c2cn3c(n2)CCCC3)cc1. The minimum absolute atomic E-state index is 0.0563. The number of aromatic nitrogens is 2. The van der Waals surface area contributed by atoms with Gasteiger partial charge in [-0.15, -0.1) is 0 Å². The van der Waals surface area contributed by atoms with Crippen molar-refractivity contribution in [2.45, 2.75) is 32.0 Å². The third kappa shape index (κ3) is 4.45. The van der Waals surface area contributed by atoms with Gasteiger partial charge in [0.2, 0.25) is 5.91 Å². The zero-order chi connectivity index (χ0) is 21.1. The van der Waals surface area contributed by atoms with Gasteiger partial charge in [-0.1, -0.05) is 42.5 Å². The smallest absolute Gasteiger partial charge is 0.334 e. The van der Waals surface area contributed by atoms with Crippen LogP contribution in [0.4, 0.5) is 18.9 Å². The van der Waals surface area contributed by atoms with Crippen molar-refractivity contribution in [3.63, 3.8) is 0 Å². The van der Waals surface area contributed by atoms with Gasteiger partial charge in [-0.3, -0.25) is 4.79 Å². The lowest BCUT2D eigenvalue weighted by molar-refractivity contribution is -0.112. The molecule has 1 aliphatic heterocycles. The second-order valence-corrected chi connectivity index (χ2v) is 7.18. The predicted octanol–water partition coefficient (Wildman–Crippen LogP) is 5.47. The van der Waals surface area contributed by atoms with Gasteiger partial charge >= 0.3 is 6.18 Å². The van der Waals surface area contributed by atoms with E-state index in [1.165, 1.54) is 24.3 Å². The van der Waals surface area contributed by atoms with E-state index < -0.39 is 17.7 Å². The van der Waals surface area contributed by atoms with Gasteiger partial charge in [0.05, 0.1) is 11.3 Å². The van der Waals surface area contributed by atoms with Crippen LogP contribution in [0.1, 0.15) is 24.2 Å². The van der Waals surface area contributed by atoms with Gasteiger partial charge in [-0.2, -0.15) is 13.2 Å². The highest BCUT2D eigenvalue weighted by molar-refractivity contribution is 6.04. The Hall–Kier alpha value is -3.35. The van der Waals surface area contributed by atoms with Crippen LogP contribution < -0.4 is 5.32 Å². The number of halogens is 3. The topological polar surface area (TPSA) is 46.9 Å². The summed E-state index contributed by atoms with van der Waals surface area (Å²) in [6.07, 6.45) is 1.21. The first-order valence-corrected chi connectivity index (χ1v) is 9.72. The van der Waals surface area contributed by atoms with Crippen molar-refractivity contribution in [1.82, 2.24) is 9.55 Å². The average molecular weight is 411 g/mol. The van der Waals surface area contributed by atoms with Crippen LogP contribution in [0.25, 0.3) is 16.8 Å². The van der Waals surface area contributed by atoms with Gasteiger partial charge in [0.15, 0.2) is 0 Å². The Labute approximate surface area is 172 Å². The molecule has 0 radical (unpaired) electrons. The fraction of sp³-hybridized carbons (Fsp3) is 0.217. The first-order chi connectivity index (χ1) is 14.4. The van der Waals surface area contributed by atoms with Crippen molar-refractivity contribution >= 4 is 17.2 Å². The molecule has 1 N–H and O–H groups in total. The summed E-state index contributed by atoms with van der Waals surface area (Å²) in [7, 11) is 0. The average Bonchev–Trinajstić information content (AvgIpc) is 3.17. The molecule has 4 rings (SSSR count). The molecule has 0 unspecified atom stereocenters. The van der Waals surface area contributed by atoms with E-state index in [0.29, 0.717) is 11.8 Å². The zero-order valence-corrected chi connectivity index (χ0v) is 16.1. The third-order valence-electron chi connectivity index (χ3n) is 5.02. The zero-order valence-electron chi connectivity index (χ0n) is 16.1. The van der Waals surface area contributed by atoms with Crippen LogP contribution in [0, 0.1) is 0 Å². The molecule has 3 aromatic rings. The van der Waals surface area contributed by atoms with E-state index >= 15 is 0 Å². The van der Waals surface area contributed by atoms with E-state index in [1.807, 2.05) is 6.20 Å². The second kappa shape index (κ2) is 8.18. The molecule has 7 heteroatoms. The summed E-state index contributed by atoms with van der Waals surface area (Å²) in [5, 5.41) is 2.50. The van der Waals surface area contributed by atoms with Crippen molar-refractivity contribution < 1.29 is 18.0 Å². The standard InChI is InChI=1S/C23H20F3N3O/c24-23(25,26)19(16-6-2-1-3-7-16)14-22(30)27-18-11-9-17(10-12-18)20-15-29-13-5-4-8-21(29)28-20/h1-3,6-7,9-12,14-15H,4-5,8,13H2,(H,27,30)/b19-14+. The van der Waals surface area contributed by atoms with Crippen molar-refractivity contribution in [3.05, 3.63) is 78.3 Å². The number of carbonyl (C=O) groups is 1. The molecule has 1 amide bonds. The minimum Gasteiger partial charge on any atom is -0.334 e. The van der Waals surface area contributed by atoms with E-state index in [-0.39, 0.29) is 5.56 Å². The Bertz CT molecular complexity index is 1040. The highest BCUT2D eigenvalue weighted by Gasteiger charge is 2.35. The number of nitrogens with zero attached hydrogens (tertiary/aromatic N) is 2. The fourth-order valence-electron chi connectivity index (χ4n) is 3.53. The van der Waals surface area contributed by atoms with E-state index in [4.69, 9.17) is 0 Å². The normalized spacial score (nSPS) is 14.3. The minimum atomic E-state index is -4.64. The number of alkyl halides is 3. The number of imidazole rings is 1. The molecule has 0 fully saturated rings. The van der Waals surface area contributed by atoms with E-state index in [0.717, 1.165) is 42.9 Å². The summed E-state index contributed by atoms with van der Waals surface area (Å²) in [5.74, 6) is 0.232. The van der Waals surface area contributed by atoms with Crippen LogP contribution >= 0.6 is 0 Å². The Balaban J connectivity index is 1.50. The molecule has 1 aliphatic rings. The third-order valence-corrected chi connectivity index (χ3v) is 5.02. The molecule has 4 nitrogen and oxygen atoms in total. The molecule has 30 heavy (non-hydrogen) atoms. The number of hydrogen-bond acceptors (Lipinski definition) is 2. The molecule has 2 aromatic carbocycles. The number of aryl methyl sites for hydroxylation is 2. The monoisotopic (exact) mass is 411 g/mol. The predicted molar refractivity (Wildman–Crippen MR) is 110 cm³/mol. The number of anilines is 1. The van der Waals surface area contributed by atoms with Crippen LogP contribution in [0.3, 0.4) is 0 Å². The first-order valence-electron chi connectivity index (χ1n) is 9.72. The highest BCUT2D eigenvalue weighted by Crippen LogP contribution is 2.33. The molecule has 0 saturated heterocycles. The summed E-state index contributed by atoms with van der Waals surface area (Å²) in [4.78, 5) is 16.9. The largest absolute Gasteiger partial charge is 0.417 e. The number of benzene rings is 2. The summed E-state index contributed by atoms with van der Waals surface area (Å²) < 4.78 is 42.3. The van der Waals surface area contributed by atoms with Crippen molar-refractivity contribution in [3.8, 4) is 11.3 Å². The van der Waals surface area contributed by atoms with Crippen LogP contribution in [0.15, 0.2) is 66.9 Å². The highest BCUT2D eigenvalue weighted by atomic mass is 19.4. The van der Waals surface area contributed by atoms with E-state index in [9.17, 15) is 18.0 Å². The molecule has 0 aliphatic carbocycles. The molecule has 154 valence electrons. The van der Waals surface area contributed by atoms with Crippen molar-refractivity contribution in [2.75, 3.05) is 5.32 Å². The summed E-state index contributed by atoms with van der Waals surface area (Å²) in [6, 6.07) is 14.2. The summed E-state index contributed by atoms with van der Waals surface area (Å²) >= 11 is 0. The molecular formula is C23H20F3N3O. The quantitative estimate of drug-likeness (QED) is 0.579. The molecule has 0 saturated carbocycles. The maximum absolute atomic E-state index is 13.4. The lowest BCUT2D eigenvalue weighted by Crippen LogP contribution is -2.16. The number of nitrogens with one attached hydrogen (secondary N) is 1.